The molecular formula is C12H20. The highest BCUT2D eigenvalue weighted by Gasteiger charge is 2.18. The van der Waals surface area contributed by atoms with Crippen LogP contribution < -0.4 is 0 Å². The van der Waals surface area contributed by atoms with Crippen LogP contribution in [0.25, 0.3) is 0 Å². The van der Waals surface area contributed by atoms with Crippen LogP contribution in [0.15, 0.2) is 37.0 Å². The lowest BCUT2D eigenvalue weighted by Crippen LogP contribution is -2.15. The van der Waals surface area contributed by atoms with Crippen molar-refractivity contribution in [3.63, 3.8) is 0 Å². The van der Waals surface area contributed by atoms with Gasteiger partial charge in [0.1, 0.15) is 0 Å². The maximum atomic E-state index is 3.66. The highest BCUT2D eigenvalue weighted by molar-refractivity contribution is 5.09. The lowest BCUT2D eigenvalue weighted by Gasteiger charge is -2.25. The molecule has 0 aromatic rings. The van der Waals surface area contributed by atoms with Gasteiger partial charge in [0.15, 0.2) is 0 Å². The van der Waals surface area contributed by atoms with Gasteiger partial charge in [-0.25, -0.2) is 0 Å². The maximum Gasteiger partial charge on any atom is -0.000186 e. The molecule has 0 rings (SSSR count). The molecule has 0 aliphatic heterocycles. The summed E-state index contributed by atoms with van der Waals surface area (Å²) in [6.07, 6.45) is 10.3. The first-order chi connectivity index (χ1) is 5.52. The molecule has 0 saturated heterocycles. The molecule has 0 spiro atoms. The molecule has 0 heterocycles. The van der Waals surface area contributed by atoms with Gasteiger partial charge in [0.05, 0.1) is 0 Å². The van der Waals surface area contributed by atoms with Gasteiger partial charge >= 0.3 is 0 Å². The molecule has 0 aromatic heterocycles. The fraction of sp³-hybridized carbons (Fsp3) is 0.500. The van der Waals surface area contributed by atoms with Gasteiger partial charge in [-0.1, -0.05) is 57.7 Å². The van der Waals surface area contributed by atoms with Crippen molar-refractivity contribution in [3.05, 3.63) is 37.0 Å². The van der Waals surface area contributed by atoms with Crippen molar-refractivity contribution in [1.29, 1.82) is 0 Å². The summed E-state index contributed by atoms with van der Waals surface area (Å²) in [6.45, 7) is 12.4. The first-order valence-electron chi connectivity index (χ1n) is 4.44. The topological polar surface area (TPSA) is 0 Å². The van der Waals surface area contributed by atoms with Gasteiger partial charge in [-0.15, -0.1) is 0 Å². The van der Waals surface area contributed by atoms with Gasteiger partial charge < -0.3 is 0 Å². The number of hydrogen-bond donors (Lipinski definition) is 0. The molecule has 0 heteroatoms. The lowest BCUT2D eigenvalue weighted by atomic mass is 9.80. The zero-order valence-electron chi connectivity index (χ0n) is 8.67. The fourth-order valence-corrected chi connectivity index (χ4v) is 1.05. The molecule has 0 saturated carbocycles. The van der Waals surface area contributed by atoms with Gasteiger partial charge in [-0.05, 0) is 18.3 Å². The van der Waals surface area contributed by atoms with Crippen molar-refractivity contribution in [3.8, 4) is 0 Å². The monoisotopic (exact) mass is 164 g/mol. The molecule has 0 aromatic carbocycles. The Hall–Kier alpha value is -0.780. The predicted molar refractivity (Wildman–Crippen MR) is 57.1 cm³/mol. The van der Waals surface area contributed by atoms with Gasteiger partial charge in [0, 0.05) is 0 Å². The van der Waals surface area contributed by atoms with E-state index in [2.05, 4.69) is 52.5 Å². The Morgan fingerprint density at radius 1 is 1.17 bits per heavy atom. The van der Waals surface area contributed by atoms with E-state index in [9.17, 15) is 0 Å². The van der Waals surface area contributed by atoms with Gasteiger partial charge in [-0.3, -0.25) is 0 Å². The average Bonchev–Trinajstić information content (AvgIpc) is 1.95. The van der Waals surface area contributed by atoms with E-state index in [-0.39, 0.29) is 0 Å². The summed E-state index contributed by atoms with van der Waals surface area (Å²) in [5, 5.41) is 0. The van der Waals surface area contributed by atoms with Crippen molar-refractivity contribution in [1.82, 2.24) is 0 Å². The van der Waals surface area contributed by atoms with E-state index in [4.69, 9.17) is 0 Å². The van der Waals surface area contributed by atoms with Crippen LogP contribution in [0.5, 0.6) is 0 Å². The Morgan fingerprint density at radius 2 is 1.75 bits per heavy atom. The predicted octanol–water partition coefficient (Wildman–Crippen LogP) is 3.97. The second-order valence-electron chi connectivity index (χ2n) is 4.04. The molecule has 0 radical (unpaired) electrons. The minimum Gasteiger partial charge on any atom is -0.0991 e. The molecule has 1 unspecified atom stereocenters. The Bertz CT molecular complexity index is 177. The summed E-state index contributed by atoms with van der Waals surface area (Å²) in [7, 11) is 0. The number of allylic oxidation sites excluding steroid dienone is 5. The minimum absolute atomic E-state index is 0.298. The minimum atomic E-state index is 0.298. The molecule has 0 fully saturated rings. The summed E-state index contributed by atoms with van der Waals surface area (Å²) >= 11 is 0. The normalized spacial score (nSPS) is 15.7. The quantitative estimate of drug-likeness (QED) is 0.437. The van der Waals surface area contributed by atoms with E-state index in [1.54, 1.807) is 0 Å². The molecule has 12 heavy (non-hydrogen) atoms. The highest BCUT2D eigenvalue weighted by atomic mass is 14.2. The van der Waals surface area contributed by atoms with E-state index >= 15 is 0 Å². The molecule has 1 atom stereocenters. The summed E-state index contributed by atoms with van der Waals surface area (Å²) in [5.41, 5.74) is 0.298. The van der Waals surface area contributed by atoms with Crippen LogP contribution in [-0.2, 0) is 0 Å². The molecule has 0 N–H and O–H groups in total. The van der Waals surface area contributed by atoms with Gasteiger partial charge in [0.25, 0.3) is 0 Å². The van der Waals surface area contributed by atoms with Crippen molar-refractivity contribution in [2.45, 2.75) is 27.7 Å². The maximum absolute atomic E-state index is 3.66. The van der Waals surface area contributed by atoms with Crippen molar-refractivity contribution in [2.24, 2.45) is 11.3 Å². The fourth-order valence-electron chi connectivity index (χ4n) is 1.05. The van der Waals surface area contributed by atoms with E-state index in [1.807, 2.05) is 12.2 Å². The summed E-state index contributed by atoms with van der Waals surface area (Å²) in [6, 6.07) is 0. The first-order valence-corrected chi connectivity index (χ1v) is 4.44. The Morgan fingerprint density at radius 3 is 2.08 bits per heavy atom. The van der Waals surface area contributed by atoms with Crippen LogP contribution in [0.2, 0.25) is 0 Å². The molecule has 0 bridgehead atoms. The Kier molecular flexibility index (Phi) is 4.65. The third-order valence-electron chi connectivity index (χ3n) is 1.85. The second-order valence-corrected chi connectivity index (χ2v) is 4.04. The van der Waals surface area contributed by atoms with Crippen LogP contribution in [0.4, 0.5) is 0 Å². The van der Waals surface area contributed by atoms with E-state index < -0.39 is 0 Å². The van der Waals surface area contributed by atoms with Crippen LogP contribution in [0, 0.1) is 11.3 Å². The van der Waals surface area contributed by atoms with Crippen LogP contribution in [-0.4, -0.2) is 0 Å². The zero-order valence-corrected chi connectivity index (χ0v) is 8.67. The third kappa shape index (κ3) is 4.17. The Labute approximate surface area is 76.7 Å². The summed E-state index contributed by atoms with van der Waals surface area (Å²) < 4.78 is 0. The molecular weight excluding hydrogens is 144 g/mol. The van der Waals surface area contributed by atoms with Crippen molar-refractivity contribution < 1.29 is 0 Å². The highest BCUT2D eigenvalue weighted by Crippen LogP contribution is 2.28. The lowest BCUT2D eigenvalue weighted by molar-refractivity contribution is 0.343. The van der Waals surface area contributed by atoms with Crippen LogP contribution in [0.1, 0.15) is 27.7 Å². The largest absolute Gasteiger partial charge is 0.0991 e. The average molecular weight is 164 g/mol. The zero-order chi connectivity index (χ0) is 9.61. The summed E-state index contributed by atoms with van der Waals surface area (Å²) in [4.78, 5) is 0. The Balaban J connectivity index is 4.44. The summed E-state index contributed by atoms with van der Waals surface area (Å²) in [5.74, 6) is 0.500. The molecule has 0 aliphatic carbocycles. The molecule has 68 valence electrons. The number of hydrogen-bond acceptors (Lipinski definition) is 0. The first kappa shape index (κ1) is 11.2. The van der Waals surface area contributed by atoms with Crippen molar-refractivity contribution in [2.75, 3.05) is 0 Å². The van der Waals surface area contributed by atoms with E-state index in [0.29, 0.717) is 11.3 Å². The van der Waals surface area contributed by atoms with Gasteiger partial charge in [0.2, 0.25) is 0 Å². The molecule has 0 nitrogen and oxygen atoms in total. The smallest absolute Gasteiger partial charge is 0.000186 e. The second kappa shape index (κ2) is 4.97. The van der Waals surface area contributed by atoms with Crippen LogP contribution in [0.3, 0.4) is 0 Å². The van der Waals surface area contributed by atoms with Crippen LogP contribution >= 0.6 is 0 Å². The van der Waals surface area contributed by atoms with Gasteiger partial charge in [-0.2, -0.15) is 0 Å². The van der Waals surface area contributed by atoms with E-state index in [1.165, 1.54) is 0 Å². The van der Waals surface area contributed by atoms with Crippen molar-refractivity contribution >= 4 is 0 Å². The van der Waals surface area contributed by atoms with E-state index in [0.717, 1.165) is 0 Å². The number of rotatable bonds is 3. The standard InChI is InChI=1S/C12H20/c1-6-8-10-11(9-7-2)12(3,4)5/h6-11H,1H2,2-5H3/b9-7-,10-8?. The molecule has 0 aliphatic rings. The SMILES string of the molecule is C=CC=CC(/C=C\C)C(C)(C)C. The molecule has 0 amide bonds. The third-order valence-corrected chi connectivity index (χ3v) is 1.85.